The molecule has 7 N–H and O–H groups in total. The second kappa shape index (κ2) is 17.6. The van der Waals surface area contributed by atoms with E-state index in [0.717, 1.165) is 75.8 Å². The number of thioether (sulfide) groups is 1. The van der Waals surface area contributed by atoms with E-state index < -0.39 is 0 Å². The van der Waals surface area contributed by atoms with Crippen molar-refractivity contribution in [2.75, 3.05) is 37.7 Å². The third-order valence-corrected chi connectivity index (χ3v) is 13.0. The summed E-state index contributed by atoms with van der Waals surface area (Å²) in [5.41, 5.74) is 5.78. The Morgan fingerprint density at radius 2 is 1.50 bits per heavy atom. The lowest BCUT2D eigenvalue weighted by atomic mass is 10.1. The first-order valence-electron chi connectivity index (χ1n) is 18.1. The smallest absolute Gasteiger partial charge is 0.325 e. The number of aromatic nitrogens is 7. The molecule has 1 unspecified atom stereocenters. The van der Waals surface area contributed by atoms with Crippen LogP contribution >= 0.6 is 45.8 Å². The van der Waals surface area contributed by atoms with E-state index in [4.69, 9.17) is 0 Å². The van der Waals surface area contributed by atoms with Crippen molar-refractivity contribution in [2.45, 2.75) is 44.8 Å². The molecule has 58 heavy (non-hydrogen) atoms. The molecule has 1 aliphatic rings. The lowest BCUT2D eigenvalue weighted by Gasteiger charge is -2.10. The van der Waals surface area contributed by atoms with Gasteiger partial charge in [-0.05, 0) is 60.5 Å². The number of anilines is 6. The number of nitrogens with one attached hydrogen (secondary N) is 7. The minimum Gasteiger partial charge on any atom is -0.365 e. The molecule has 0 spiro atoms. The molecule has 1 aliphatic heterocycles. The van der Waals surface area contributed by atoms with E-state index >= 15 is 0 Å². The van der Waals surface area contributed by atoms with Gasteiger partial charge in [0.2, 0.25) is 0 Å². The number of carbonyl (C=O) groups excluding carboxylic acids is 2. The standard InChI is InChI=1S/C20H19N7OS2.C19H18N6OS2/c1-11-9-29-18-15(11)17(24-10-25-18)22-7-13-8-23-20(30-13)27-19(28)26-14-4-2-3-12-5-6-21-16(12)14;1-11-4-3-5-13(6-11)24-18(26)25-19-21-8-14(28-19)7-20-16-15-12(2)9-27-17(15)23-10-22-16/h2-6,8,10-11,21H,7,9H2,1H3,(H,22,24,25)(H2,23,26,27,28);3-6,8-10H,7H2,1-2H3,(H,20,22,23)(H2,21,24,25,26). The quantitative estimate of drug-likeness (QED) is 0.0647. The maximum absolute atomic E-state index is 12.4. The van der Waals surface area contributed by atoms with Crippen LogP contribution in [0.3, 0.4) is 0 Å². The van der Waals surface area contributed by atoms with Gasteiger partial charge in [-0.1, -0.05) is 53.9 Å². The summed E-state index contributed by atoms with van der Waals surface area (Å²) >= 11 is 6.22. The van der Waals surface area contributed by atoms with Crippen LogP contribution in [0.4, 0.5) is 42.9 Å². The molecule has 0 saturated heterocycles. The summed E-state index contributed by atoms with van der Waals surface area (Å²) in [7, 11) is 0. The molecule has 4 amide bonds. The van der Waals surface area contributed by atoms with E-state index in [-0.39, 0.29) is 12.1 Å². The first-order chi connectivity index (χ1) is 28.3. The molecule has 0 saturated carbocycles. The van der Waals surface area contributed by atoms with E-state index in [1.54, 1.807) is 48.1 Å². The van der Waals surface area contributed by atoms with Crippen molar-refractivity contribution < 1.29 is 9.59 Å². The average Bonchev–Trinajstić information content (AvgIpc) is 4.07. The number of urea groups is 2. The molecule has 6 aromatic heterocycles. The number of fused-ring (bicyclic) bond motifs is 3. The van der Waals surface area contributed by atoms with Crippen molar-refractivity contribution in [2.24, 2.45) is 0 Å². The molecule has 1 atom stereocenters. The zero-order chi connectivity index (χ0) is 40.0. The largest absolute Gasteiger partial charge is 0.365 e. The lowest BCUT2D eigenvalue weighted by molar-refractivity contribution is 0.261. The fraction of sp³-hybridized carbons (Fsp3) is 0.179. The van der Waals surface area contributed by atoms with Crippen molar-refractivity contribution in [3.63, 3.8) is 0 Å². The average molecular weight is 848 g/mol. The Kier molecular flexibility index (Phi) is 11.7. The molecule has 0 radical (unpaired) electrons. The van der Waals surface area contributed by atoms with Crippen LogP contribution in [-0.4, -0.2) is 52.7 Å². The third-order valence-electron chi connectivity index (χ3n) is 8.88. The zero-order valence-corrected chi connectivity index (χ0v) is 34.7. The molecule has 7 heterocycles. The van der Waals surface area contributed by atoms with Gasteiger partial charge >= 0.3 is 12.1 Å². The van der Waals surface area contributed by atoms with Gasteiger partial charge in [0.05, 0.1) is 29.7 Å². The molecule has 15 nitrogen and oxygen atoms in total. The van der Waals surface area contributed by atoms with Crippen molar-refractivity contribution in [1.29, 1.82) is 0 Å². The Morgan fingerprint density at radius 3 is 2.28 bits per heavy atom. The molecule has 2 aromatic carbocycles. The highest BCUT2D eigenvalue weighted by Crippen LogP contribution is 2.41. The number of hydrogen-bond donors (Lipinski definition) is 7. The molecule has 9 rings (SSSR count). The van der Waals surface area contributed by atoms with Crippen LogP contribution in [0.15, 0.2) is 90.2 Å². The zero-order valence-electron chi connectivity index (χ0n) is 31.4. The van der Waals surface area contributed by atoms with E-state index in [0.29, 0.717) is 29.3 Å². The van der Waals surface area contributed by atoms with Gasteiger partial charge in [0.25, 0.3) is 0 Å². The molecular weight excluding hydrogens is 811 g/mol. The number of carbonyl (C=O) groups is 2. The normalized spacial score (nSPS) is 13.1. The molecule has 0 fully saturated rings. The van der Waals surface area contributed by atoms with Crippen molar-refractivity contribution in [3.8, 4) is 0 Å². The summed E-state index contributed by atoms with van der Waals surface area (Å²) in [5, 5.41) is 24.3. The van der Waals surface area contributed by atoms with Gasteiger partial charge in [0.15, 0.2) is 10.3 Å². The monoisotopic (exact) mass is 847 g/mol. The topological polar surface area (TPSA) is 199 Å². The second-order valence-electron chi connectivity index (χ2n) is 13.2. The van der Waals surface area contributed by atoms with Gasteiger partial charge in [0, 0.05) is 50.7 Å². The van der Waals surface area contributed by atoms with Crippen LogP contribution in [0.1, 0.15) is 39.3 Å². The molecule has 0 bridgehead atoms. The first-order valence-corrected chi connectivity index (χ1v) is 21.6. The van der Waals surface area contributed by atoms with Crippen LogP contribution in [0.5, 0.6) is 0 Å². The molecule has 8 aromatic rings. The van der Waals surface area contributed by atoms with E-state index in [1.165, 1.54) is 28.2 Å². The second-order valence-corrected chi connectivity index (χ2v) is 17.3. The number of hydrogen-bond acceptors (Lipinski definition) is 14. The van der Waals surface area contributed by atoms with Crippen LogP contribution < -0.4 is 31.9 Å². The van der Waals surface area contributed by atoms with Gasteiger partial charge in [-0.2, -0.15) is 0 Å². The SMILES string of the molecule is CC1CSc2ncnc(NCc3cnc(NC(=O)Nc4cccc5cc[nH]c45)s3)c21.Cc1cccc(NC(=O)Nc2ncc(CNc3ncnc4scc(C)c34)s2)c1. The van der Waals surface area contributed by atoms with Gasteiger partial charge in [-0.15, -0.1) is 23.1 Å². The Bertz CT molecular complexity index is 2720. The summed E-state index contributed by atoms with van der Waals surface area (Å²) in [6.45, 7) is 7.37. The van der Waals surface area contributed by atoms with Crippen LogP contribution in [-0.2, 0) is 13.1 Å². The Balaban J connectivity index is 0.000000162. The Hall–Kier alpha value is -6.15. The van der Waals surface area contributed by atoms with Crippen molar-refractivity contribution in [3.05, 3.63) is 112 Å². The fourth-order valence-electron chi connectivity index (χ4n) is 6.18. The van der Waals surface area contributed by atoms with Crippen molar-refractivity contribution in [1.82, 2.24) is 34.9 Å². The van der Waals surface area contributed by atoms with Crippen LogP contribution in [0.25, 0.3) is 21.1 Å². The van der Waals surface area contributed by atoms with E-state index in [9.17, 15) is 9.59 Å². The van der Waals surface area contributed by atoms with Crippen LogP contribution in [0.2, 0.25) is 0 Å². The Morgan fingerprint density at radius 1 is 0.793 bits per heavy atom. The van der Waals surface area contributed by atoms with Gasteiger partial charge in [-0.3, -0.25) is 10.6 Å². The van der Waals surface area contributed by atoms with Gasteiger partial charge in [-0.25, -0.2) is 39.5 Å². The predicted octanol–water partition coefficient (Wildman–Crippen LogP) is 9.90. The number of aryl methyl sites for hydroxylation is 2. The highest BCUT2D eigenvalue weighted by molar-refractivity contribution is 7.99. The number of thiophene rings is 1. The first kappa shape index (κ1) is 38.7. The summed E-state index contributed by atoms with van der Waals surface area (Å²) < 4.78 is 0. The predicted molar refractivity (Wildman–Crippen MR) is 237 cm³/mol. The highest BCUT2D eigenvalue weighted by atomic mass is 32.2. The molecule has 0 aliphatic carbocycles. The number of benzene rings is 2. The molecular formula is C39H37N13O2S4. The van der Waals surface area contributed by atoms with E-state index in [1.807, 2.05) is 61.7 Å². The maximum Gasteiger partial charge on any atom is 0.325 e. The highest BCUT2D eigenvalue weighted by Gasteiger charge is 2.25. The van der Waals surface area contributed by atoms with Gasteiger partial charge < -0.3 is 26.3 Å². The Labute approximate surface area is 349 Å². The van der Waals surface area contributed by atoms with Gasteiger partial charge in [0.1, 0.15) is 34.1 Å². The number of rotatable bonds is 10. The number of nitrogens with zero attached hydrogens (tertiary/aromatic N) is 6. The maximum atomic E-state index is 12.4. The number of para-hydroxylation sites is 1. The molecule has 294 valence electrons. The molecule has 19 heteroatoms. The number of amides is 4. The number of H-pyrrole nitrogens is 1. The third kappa shape index (κ3) is 9.18. The lowest BCUT2D eigenvalue weighted by Crippen LogP contribution is -2.19. The number of thiazole rings is 2. The van der Waals surface area contributed by atoms with Crippen molar-refractivity contribution >= 4 is 112 Å². The fourth-order valence-corrected chi connectivity index (χ4v) is 9.71. The number of aromatic amines is 1. The summed E-state index contributed by atoms with van der Waals surface area (Å²) in [5.74, 6) is 3.14. The minimum atomic E-state index is -0.328. The summed E-state index contributed by atoms with van der Waals surface area (Å²) in [6, 6.07) is 14.7. The summed E-state index contributed by atoms with van der Waals surface area (Å²) in [6.07, 6.45) is 8.52. The van der Waals surface area contributed by atoms with E-state index in [2.05, 4.69) is 86.0 Å². The van der Waals surface area contributed by atoms with Crippen LogP contribution in [0, 0.1) is 13.8 Å². The summed E-state index contributed by atoms with van der Waals surface area (Å²) in [4.78, 5) is 56.6. The minimum absolute atomic E-state index is 0.314.